The van der Waals surface area contributed by atoms with Crippen molar-refractivity contribution in [3.63, 3.8) is 0 Å². The van der Waals surface area contributed by atoms with Gasteiger partial charge in [0.25, 0.3) is 0 Å². The first-order valence-electron chi connectivity index (χ1n) is 8.43. The number of nitrogens with zero attached hydrogens (tertiary/aromatic N) is 4. The number of carbonyl (C=O) groups is 2. The SMILES string of the molecule is CCCCc1ccc(-n2nnnc2SCC(=O)NC(=O)NCC(F)(F)F)cc1. The van der Waals surface area contributed by atoms with Crippen LogP contribution in [0.4, 0.5) is 18.0 Å². The first-order chi connectivity index (χ1) is 13.3. The summed E-state index contributed by atoms with van der Waals surface area (Å²) >= 11 is 0.953. The molecule has 1 heterocycles. The van der Waals surface area contributed by atoms with Crippen molar-refractivity contribution in [3.8, 4) is 5.69 Å². The van der Waals surface area contributed by atoms with Crippen LogP contribution in [0, 0.1) is 0 Å². The zero-order valence-corrected chi connectivity index (χ0v) is 15.8. The molecule has 0 bridgehead atoms. The van der Waals surface area contributed by atoms with Crippen LogP contribution < -0.4 is 10.6 Å². The zero-order chi connectivity index (χ0) is 20.6. The van der Waals surface area contributed by atoms with Gasteiger partial charge in [-0.3, -0.25) is 10.1 Å². The van der Waals surface area contributed by atoms with Crippen molar-refractivity contribution >= 4 is 23.7 Å². The minimum Gasteiger partial charge on any atom is -0.329 e. The van der Waals surface area contributed by atoms with Crippen LogP contribution in [0.5, 0.6) is 0 Å². The Morgan fingerprint density at radius 3 is 2.57 bits per heavy atom. The van der Waals surface area contributed by atoms with Crippen LogP contribution in [0.25, 0.3) is 5.69 Å². The number of amides is 3. The van der Waals surface area contributed by atoms with Gasteiger partial charge in [0, 0.05) is 0 Å². The number of imide groups is 1. The van der Waals surface area contributed by atoms with Crippen molar-refractivity contribution in [1.82, 2.24) is 30.8 Å². The molecule has 0 fully saturated rings. The molecule has 0 saturated heterocycles. The second-order valence-electron chi connectivity index (χ2n) is 5.78. The number of hydrogen-bond donors (Lipinski definition) is 2. The number of benzene rings is 1. The summed E-state index contributed by atoms with van der Waals surface area (Å²) < 4.78 is 37.5. The summed E-state index contributed by atoms with van der Waals surface area (Å²) in [6.45, 7) is 0.598. The van der Waals surface area contributed by atoms with E-state index >= 15 is 0 Å². The fourth-order valence-electron chi connectivity index (χ4n) is 2.13. The fourth-order valence-corrected chi connectivity index (χ4v) is 2.82. The first-order valence-corrected chi connectivity index (χ1v) is 9.42. The monoisotopic (exact) mass is 416 g/mol. The summed E-state index contributed by atoms with van der Waals surface area (Å²) in [5, 5.41) is 14.9. The van der Waals surface area contributed by atoms with Gasteiger partial charge in [-0.2, -0.15) is 17.9 Å². The molecule has 0 radical (unpaired) electrons. The third kappa shape index (κ3) is 7.18. The van der Waals surface area contributed by atoms with Gasteiger partial charge in [0.2, 0.25) is 11.1 Å². The molecule has 0 aliphatic heterocycles. The Labute approximate surface area is 163 Å². The number of aryl methyl sites for hydroxylation is 1. The Morgan fingerprint density at radius 2 is 1.93 bits per heavy atom. The predicted octanol–water partition coefficient (Wildman–Crippen LogP) is 2.49. The molecule has 1 aromatic heterocycles. The number of unbranched alkanes of at least 4 members (excludes halogenated alkanes) is 1. The molecule has 0 atom stereocenters. The van der Waals surface area contributed by atoms with Crippen molar-refractivity contribution < 1.29 is 22.8 Å². The highest BCUT2D eigenvalue weighted by molar-refractivity contribution is 7.99. The number of rotatable bonds is 8. The lowest BCUT2D eigenvalue weighted by molar-refractivity contribution is -0.124. The Balaban J connectivity index is 1.88. The van der Waals surface area contributed by atoms with Crippen molar-refractivity contribution in [2.24, 2.45) is 0 Å². The lowest BCUT2D eigenvalue weighted by Gasteiger charge is -2.09. The summed E-state index contributed by atoms with van der Waals surface area (Å²) in [5.74, 6) is -1.01. The molecular weight excluding hydrogens is 397 g/mol. The van der Waals surface area contributed by atoms with Crippen molar-refractivity contribution in [1.29, 1.82) is 0 Å². The van der Waals surface area contributed by atoms with E-state index in [0.29, 0.717) is 10.8 Å². The van der Waals surface area contributed by atoms with E-state index in [0.717, 1.165) is 31.0 Å². The number of hydrogen-bond acceptors (Lipinski definition) is 6. The Hall–Kier alpha value is -2.63. The first kappa shape index (κ1) is 21.7. The van der Waals surface area contributed by atoms with E-state index in [9.17, 15) is 22.8 Å². The summed E-state index contributed by atoms with van der Waals surface area (Å²) in [6.07, 6.45) is -1.38. The van der Waals surface area contributed by atoms with Crippen LogP contribution in [0.2, 0.25) is 0 Å². The highest BCUT2D eigenvalue weighted by Crippen LogP contribution is 2.19. The van der Waals surface area contributed by atoms with Gasteiger partial charge < -0.3 is 5.32 Å². The van der Waals surface area contributed by atoms with E-state index in [1.807, 2.05) is 29.6 Å². The molecule has 0 unspecified atom stereocenters. The minimum absolute atomic E-state index is 0.242. The molecule has 12 heteroatoms. The number of nitrogens with one attached hydrogen (secondary N) is 2. The van der Waals surface area contributed by atoms with E-state index < -0.39 is 24.7 Å². The molecule has 2 rings (SSSR count). The maximum absolute atomic E-state index is 12.0. The second kappa shape index (κ2) is 10.1. The molecule has 3 amide bonds. The summed E-state index contributed by atoms with van der Waals surface area (Å²) in [7, 11) is 0. The van der Waals surface area contributed by atoms with Crippen molar-refractivity contribution in [3.05, 3.63) is 29.8 Å². The third-order valence-electron chi connectivity index (χ3n) is 3.48. The Morgan fingerprint density at radius 1 is 1.21 bits per heavy atom. The van der Waals surface area contributed by atoms with Gasteiger partial charge in [0.1, 0.15) is 6.54 Å². The van der Waals surface area contributed by atoms with Crippen LogP contribution in [-0.4, -0.2) is 50.6 Å². The van der Waals surface area contributed by atoms with Gasteiger partial charge in [-0.05, 0) is 41.0 Å². The van der Waals surface area contributed by atoms with E-state index in [1.54, 1.807) is 5.32 Å². The lowest BCUT2D eigenvalue weighted by Crippen LogP contribution is -2.43. The lowest BCUT2D eigenvalue weighted by atomic mass is 10.1. The number of carbonyl (C=O) groups excluding carboxylic acids is 2. The normalized spacial score (nSPS) is 11.3. The van der Waals surface area contributed by atoms with Crippen molar-refractivity contribution in [2.45, 2.75) is 37.5 Å². The maximum atomic E-state index is 12.0. The summed E-state index contributed by atoms with van der Waals surface area (Å²) in [5.41, 5.74) is 1.90. The molecule has 0 spiro atoms. The minimum atomic E-state index is -4.55. The van der Waals surface area contributed by atoms with E-state index in [4.69, 9.17) is 0 Å². The molecule has 28 heavy (non-hydrogen) atoms. The van der Waals surface area contributed by atoms with Crippen LogP contribution in [0.3, 0.4) is 0 Å². The number of tetrazole rings is 1. The van der Waals surface area contributed by atoms with Crippen molar-refractivity contribution in [2.75, 3.05) is 12.3 Å². The van der Waals surface area contributed by atoms with Crippen LogP contribution >= 0.6 is 11.8 Å². The predicted molar refractivity (Wildman–Crippen MR) is 96.1 cm³/mol. The smallest absolute Gasteiger partial charge is 0.329 e. The van der Waals surface area contributed by atoms with Gasteiger partial charge in [0.15, 0.2) is 0 Å². The molecule has 8 nitrogen and oxygen atoms in total. The summed E-state index contributed by atoms with van der Waals surface area (Å²) in [4.78, 5) is 23.0. The molecule has 0 saturated carbocycles. The largest absolute Gasteiger partial charge is 0.405 e. The number of urea groups is 1. The molecule has 1 aromatic carbocycles. The van der Waals surface area contributed by atoms with Gasteiger partial charge in [-0.25, -0.2) is 4.79 Å². The highest BCUT2D eigenvalue weighted by atomic mass is 32.2. The fraction of sp³-hybridized carbons (Fsp3) is 0.438. The number of thioether (sulfide) groups is 1. The number of alkyl halides is 3. The molecule has 0 aliphatic rings. The van der Waals surface area contributed by atoms with Gasteiger partial charge >= 0.3 is 12.2 Å². The quantitative estimate of drug-likeness (QED) is 0.641. The topological polar surface area (TPSA) is 102 Å². The second-order valence-corrected chi connectivity index (χ2v) is 6.72. The van der Waals surface area contributed by atoms with Crippen LogP contribution in [-0.2, 0) is 11.2 Å². The zero-order valence-electron chi connectivity index (χ0n) is 15.0. The van der Waals surface area contributed by atoms with Gasteiger partial charge in [-0.1, -0.05) is 37.2 Å². The Kier molecular flexibility index (Phi) is 7.79. The standard InChI is InChI=1S/C16H19F3N6O2S/c1-2-3-4-11-5-7-12(8-6-11)25-15(22-23-24-25)28-9-13(26)21-14(27)20-10-16(17,18)19/h5-8H,2-4,9-10H2,1H3,(H2,20,21,26,27). The molecule has 0 aliphatic carbocycles. The molecular formula is C16H19F3N6O2S. The van der Waals surface area contributed by atoms with Gasteiger partial charge in [-0.15, -0.1) is 5.10 Å². The van der Waals surface area contributed by atoms with Crippen LogP contribution in [0.1, 0.15) is 25.3 Å². The summed E-state index contributed by atoms with van der Waals surface area (Å²) in [6, 6.07) is 6.44. The maximum Gasteiger partial charge on any atom is 0.405 e. The highest BCUT2D eigenvalue weighted by Gasteiger charge is 2.28. The average molecular weight is 416 g/mol. The van der Waals surface area contributed by atoms with E-state index in [2.05, 4.69) is 22.4 Å². The van der Waals surface area contributed by atoms with Crippen LogP contribution in [0.15, 0.2) is 29.4 Å². The number of halogens is 3. The molecule has 152 valence electrons. The van der Waals surface area contributed by atoms with E-state index in [1.165, 1.54) is 10.2 Å². The third-order valence-corrected chi connectivity index (χ3v) is 4.39. The average Bonchev–Trinajstić information content (AvgIpc) is 3.11. The Bertz CT molecular complexity index is 794. The molecule has 2 aromatic rings. The number of aromatic nitrogens is 4. The molecule has 2 N–H and O–H groups in total. The van der Waals surface area contributed by atoms with Gasteiger partial charge in [0.05, 0.1) is 11.4 Å². The van der Waals surface area contributed by atoms with E-state index in [-0.39, 0.29) is 5.75 Å².